The molecule has 0 saturated heterocycles. The first-order chi connectivity index (χ1) is 8.83. The van der Waals surface area contributed by atoms with E-state index in [0.29, 0.717) is 0 Å². The number of benzene rings is 2. The summed E-state index contributed by atoms with van der Waals surface area (Å²) < 4.78 is 0. The molecule has 0 atom stereocenters. The third kappa shape index (κ3) is 4.11. The lowest BCUT2D eigenvalue weighted by molar-refractivity contribution is 1.43. The van der Waals surface area contributed by atoms with Crippen LogP contribution in [-0.4, -0.2) is 12.5 Å². The Labute approximate surface area is 119 Å². The molecule has 2 aromatic carbocycles. The van der Waals surface area contributed by atoms with E-state index in [-0.39, 0.29) is 0 Å². The molecule has 0 aliphatic heterocycles. The highest BCUT2D eigenvalue weighted by molar-refractivity contribution is 7.98. The van der Waals surface area contributed by atoms with Crippen LogP contribution in [0, 0.1) is 0 Å². The van der Waals surface area contributed by atoms with Gasteiger partial charge in [-0.3, -0.25) is 0 Å². The monoisotopic (exact) mass is 276 g/mol. The Morgan fingerprint density at radius 3 is 1.06 bits per heavy atom. The van der Waals surface area contributed by atoms with Crippen LogP contribution in [0.4, 0.5) is 0 Å². The van der Waals surface area contributed by atoms with Gasteiger partial charge in [-0.2, -0.15) is 0 Å². The van der Waals surface area contributed by atoms with Crippen molar-refractivity contribution in [3.63, 3.8) is 0 Å². The van der Waals surface area contributed by atoms with Crippen molar-refractivity contribution in [2.24, 2.45) is 0 Å². The SMILES string of the molecule is CC.CSc1ccc(-c2ccc(SC)cc2)cc1. The zero-order chi connectivity index (χ0) is 13.4. The molecule has 0 aliphatic carbocycles. The first-order valence-electron chi connectivity index (χ1n) is 6.12. The third-order valence-corrected chi connectivity index (χ3v) is 4.00. The molecule has 0 amide bonds. The molecular formula is C16H20S2. The summed E-state index contributed by atoms with van der Waals surface area (Å²) in [6.07, 6.45) is 4.20. The molecule has 96 valence electrons. The predicted octanol–water partition coefficient (Wildman–Crippen LogP) is 5.82. The van der Waals surface area contributed by atoms with Gasteiger partial charge in [0.1, 0.15) is 0 Å². The second kappa shape index (κ2) is 8.28. The largest absolute Gasteiger partial charge is 0.130 e. The van der Waals surface area contributed by atoms with Gasteiger partial charge >= 0.3 is 0 Å². The Balaban J connectivity index is 0.000000771. The summed E-state index contributed by atoms with van der Waals surface area (Å²) >= 11 is 3.55. The highest BCUT2D eigenvalue weighted by Gasteiger charge is 1.98. The van der Waals surface area contributed by atoms with Gasteiger partial charge in [-0.05, 0) is 47.9 Å². The van der Waals surface area contributed by atoms with Gasteiger partial charge in [0.2, 0.25) is 0 Å². The summed E-state index contributed by atoms with van der Waals surface area (Å²) in [7, 11) is 0. The van der Waals surface area contributed by atoms with Crippen LogP contribution in [0.25, 0.3) is 11.1 Å². The second-order valence-corrected chi connectivity index (χ2v) is 5.22. The molecule has 0 spiro atoms. The molecule has 0 aromatic heterocycles. The molecular weight excluding hydrogens is 256 g/mol. The van der Waals surface area contributed by atoms with Crippen molar-refractivity contribution < 1.29 is 0 Å². The minimum atomic E-state index is 1.28. The van der Waals surface area contributed by atoms with Crippen molar-refractivity contribution in [1.29, 1.82) is 0 Å². The van der Waals surface area contributed by atoms with Crippen LogP contribution < -0.4 is 0 Å². The van der Waals surface area contributed by atoms with Crippen molar-refractivity contribution in [3.05, 3.63) is 48.5 Å². The molecule has 0 unspecified atom stereocenters. The second-order valence-electron chi connectivity index (χ2n) is 3.46. The molecule has 0 aliphatic rings. The van der Waals surface area contributed by atoms with Gasteiger partial charge in [-0.25, -0.2) is 0 Å². The van der Waals surface area contributed by atoms with E-state index in [0.717, 1.165) is 0 Å². The molecule has 0 nitrogen and oxygen atoms in total. The standard InChI is InChI=1S/C14H14S2.C2H6/c1-15-13-7-3-11(4-8-13)12-5-9-14(16-2)10-6-12;1-2/h3-10H,1-2H3;1-2H3. The van der Waals surface area contributed by atoms with Crippen molar-refractivity contribution in [3.8, 4) is 11.1 Å². The Hall–Kier alpha value is -0.860. The van der Waals surface area contributed by atoms with Crippen molar-refractivity contribution >= 4 is 23.5 Å². The molecule has 0 fully saturated rings. The van der Waals surface area contributed by atoms with Crippen LogP contribution in [0.5, 0.6) is 0 Å². The lowest BCUT2D eigenvalue weighted by Crippen LogP contribution is -1.78. The Kier molecular flexibility index (Phi) is 6.99. The van der Waals surface area contributed by atoms with Gasteiger partial charge in [0.05, 0.1) is 0 Å². The van der Waals surface area contributed by atoms with Crippen LogP contribution in [0.1, 0.15) is 13.8 Å². The molecule has 18 heavy (non-hydrogen) atoms. The fourth-order valence-electron chi connectivity index (χ4n) is 1.57. The summed E-state index contributed by atoms with van der Waals surface area (Å²) in [6, 6.07) is 17.4. The maximum atomic E-state index is 2.18. The molecule has 0 saturated carbocycles. The summed E-state index contributed by atoms with van der Waals surface area (Å²) in [5.74, 6) is 0. The van der Waals surface area contributed by atoms with Crippen LogP contribution in [-0.2, 0) is 0 Å². The van der Waals surface area contributed by atoms with Gasteiger partial charge in [-0.1, -0.05) is 38.1 Å². The topological polar surface area (TPSA) is 0 Å². The van der Waals surface area contributed by atoms with Gasteiger partial charge in [-0.15, -0.1) is 23.5 Å². The van der Waals surface area contributed by atoms with Crippen LogP contribution in [0.15, 0.2) is 58.3 Å². The van der Waals surface area contributed by atoms with E-state index in [1.54, 1.807) is 23.5 Å². The van der Waals surface area contributed by atoms with E-state index in [2.05, 4.69) is 61.0 Å². The number of hydrogen-bond donors (Lipinski definition) is 0. The minimum absolute atomic E-state index is 1.28. The quantitative estimate of drug-likeness (QED) is 0.647. The molecule has 0 N–H and O–H groups in total. The fraction of sp³-hybridized carbons (Fsp3) is 0.250. The summed E-state index contributed by atoms with van der Waals surface area (Å²) in [5, 5.41) is 0. The third-order valence-electron chi connectivity index (χ3n) is 2.51. The predicted molar refractivity (Wildman–Crippen MR) is 86.8 cm³/mol. The van der Waals surface area contributed by atoms with E-state index in [1.807, 2.05) is 13.8 Å². The van der Waals surface area contributed by atoms with Crippen molar-refractivity contribution in [2.45, 2.75) is 23.6 Å². The smallest absolute Gasteiger partial charge is 0.00695 e. The Morgan fingerprint density at radius 2 is 0.833 bits per heavy atom. The molecule has 2 aromatic rings. The van der Waals surface area contributed by atoms with E-state index < -0.39 is 0 Å². The van der Waals surface area contributed by atoms with Crippen molar-refractivity contribution in [1.82, 2.24) is 0 Å². The summed E-state index contributed by atoms with van der Waals surface area (Å²) in [5.41, 5.74) is 2.57. The van der Waals surface area contributed by atoms with Crippen LogP contribution >= 0.6 is 23.5 Å². The van der Waals surface area contributed by atoms with Gasteiger partial charge < -0.3 is 0 Å². The van der Waals surface area contributed by atoms with E-state index in [1.165, 1.54) is 20.9 Å². The molecule has 0 heterocycles. The average molecular weight is 276 g/mol. The van der Waals surface area contributed by atoms with E-state index in [4.69, 9.17) is 0 Å². The normalized spacial score (nSPS) is 9.56. The number of thioether (sulfide) groups is 2. The Morgan fingerprint density at radius 1 is 0.556 bits per heavy atom. The molecule has 2 rings (SSSR count). The highest BCUT2D eigenvalue weighted by atomic mass is 32.2. The molecule has 0 bridgehead atoms. The van der Waals surface area contributed by atoms with E-state index >= 15 is 0 Å². The fourth-order valence-corrected chi connectivity index (χ4v) is 2.38. The summed E-state index contributed by atoms with van der Waals surface area (Å²) in [4.78, 5) is 2.62. The first kappa shape index (κ1) is 15.2. The van der Waals surface area contributed by atoms with E-state index in [9.17, 15) is 0 Å². The van der Waals surface area contributed by atoms with Gasteiger partial charge in [0.25, 0.3) is 0 Å². The van der Waals surface area contributed by atoms with Crippen LogP contribution in [0.3, 0.4) is 0 Å². The lowest BCUT2D eigenvalue weighted by atomic mass is 10.1. The average Bonchev–Trinajstić information content (AvgIpc) is 2.49. The zero-order valence-electron chi connectivity index (χ0n) is 11.4. The summed E-state index contributed by atoms with van der Waals surface area (Å²) in [6.45, 7) is 4.00. The highest BCUT2D eigenvalue weighted by Crippen LogP contribution is 2.25. The van der Waals surface area contributed by atoms with Gasteiger partial charge in [0.15, 0.2) is 0 Å². The number of hydrogen-bond acceptors (Lipinski definition) is 2. The van der Waals surface area contributed by atoms with Crippen LogP contribution in [0.2, 0.25) is 0 Å². The van der Waals surface area contributed by atoms with Crippen molar-refractivity contribution in [2.75, 3.05) is 12.5 Å². The Bertz CT molecular complexity index is 398. The molecule has 2 heteroatoms. The first-order valence-corrected chi connectivity index (χ1v) is 8.57. The maximum absolute atomic E-state index is 2.18. The maximum Gasteiger partial charge on any atom is 0.00695 e. The minimum Gasteiger partial charge on any atom is -0.130 e. The number of rotatable bonds is 3. The van der Waals surface area contributed by atoms with Gasteiger partial charge in [0, 0.05) is 9.79 Å². The zero-order valence-corrected chi connectivity index (χ0v) is 13.1. The lowest BCUT2D eigenvalue weighted by Gasteiger charge is -2.04. The molecule has 0 radical (unpaired) electrons.